The molecule has 0 spiro atoms. The molecule has 0 aliphatic rings. The van der Waals surface area contributed by atoms with E-state index >= 15 is 0 Å². The standard InChI is InChI=1S/C15H12F2O3/c1-9-2-4-11(15(18)19)14(6-9)20-8-10-3-5-12(16)13(17)7-10/h2-7H,8H2,1H3,(H,18,19). The maximum absolute atomic E-state index is 13.1. The van der Waals surface area contributed by atoms with Gasteiger partial charge in [0.15, 0.2) is 11.6 Å². The number of carbonyl (C=O) groups is 1. The highest BCUT2D eigenvalue weighted by atomic mass is 19.2. The first-order valence-corrected chi connectivity index (χ1v) is 5.88. The smallest absolute Gasteiger partial charge is 0.339 e. The molecule has 0 bridgehead atoms. The summed E-state index contributed by atoms with van der Waals surface area (Å²) >= 11 is 0. The van der Waals surface area contributed by atoms with Crippen LogP contribution < -0.4 is 4.74 Å². The third-order valence-corrected chi connectivity index (χ3v) is 2.75. The van der Waals surface area contributed by atoms with E-state index in [2.05, 4.69) is 0 Å². The second-order valence-electron chi connectivity index (χ2n) is 4.34. The molecule has 104 valence electrons. The molecule has 2 aromatic rings. The molecule has 0 fully saturated rings. The zero-order chi connectivity index (χ0) is 14.7. The Kier molecular flexibility index (Phi) is 3.98. The molecule has 2 aromatic carbocycles. The summed E-state index contributed by atoms with van der Waals surface area (Å²) in [6.07, 6.45) is 0. The minimum absolute atomic E-state index is 0.0261. The van der Waals surface area contributed by atoms with Gasteiger partial charge in [-0.05, 0) is 42.3 Å². The molecule has 3 nitrogen and oxygen atoms in total. The average molecular weight is 278 g/mol. The molecule has 0 unspecified atom stereocenters. The first-order valence-electron chi connectivity index (χ1n) is 5.88. The number of carboxylic acid groups (broad SMARTS) is 1. The molecule has 0 saturated carbocycles. The van der Waals surface area contributed by atoms with E-state index in [1.54, 1.807) is 19.1 Å². The van der Waals surface area contributed by atoms with Gasteiger partial charge in [-0.25, -0.2) is 13.6 Å². The fourth-order valence-electron chi connectivity index (χ4n) is 1.72. The fourth-order valence-corrected chi connectivity index (χ4v) is 1.72. The maximum atomic E-state index is 13.1. The highest BCUT2D eigenvalue weighted by Gasteiger charge is 2.12. The lowest BCUT2D eigenvalue weighted by Crippen LogP contribution is -2.04. The van der Waals surface area contributed by atoms with Gasteiger partial charge in [0.2, 0.25) is 0 Å². The summed E-state index contributed by atoms with van der Waals surface area (Å²) in [4.78, 5) is 11.1. The minimum atomic E-state index is -1.11. The van der Waals surface area contributed by atoms with Crippen LogP contribution in [0.4, 0.5) is 8.78 Å². The first-order chi connectivity index (χ1) is 9.47. The van der Waals surface area contributed by atoms with Gasteiger partial charge >= 0.3 is 5.97 Å². The van der Waals surface area contributed by atoms with Crippen LogP contribution in [0.3, 0.4) is 0 Å². The van der Waals surface area contributed by atoms with Gasteiger partial charge in [-0.3, -0.25) is 0 Å². The number of halogens is 2. The molecular weight excluding hydrogens is 266 g/mol. The summed E-state index contributed by atoms with van der Waals surface area (Å²) < 4.78 is 31.2. The molecule has 0 saturated heterocycles. The Morgan fingerprint density at radius 2 is 1.90 bits per heavy atom. The maximum Gasteiger partial charge on any atom is 0.339 e. The number of ether oxygens (including phenoxy) is 1. The van der Waals surface area contributed by atoms with Gasteiger partial charge in [-0.15, -0.1) is 0 Å². The molecular formula is C15H12F2O3. The molecule has 0 radical (unpaired) electrons. The highest BCUT2D eigenvalue weighted by molar-refractivity contribution is 5.90. The van der Waals surface area contributed by atoms with Crippen molar-refractivity contribution in [1.29, 1.82) is 0 Å². The molecule has 0 atom stereocenters. The van der Waals surface area contributed by atoms with Crippen molar-refractivity contribution in [3.8, 4) is 5.75 Å². The predicted octanol–water partition coefficient (Wildman–Crippen LogP) is 3.55. The lowest BCUT2D eigenvalue weighted by Gasteiger charge is -2.10. The van der Waals surface area contributed by atoms with E-state index in [9.17, 15) is 13.6 Å². The van der Waals surface area contributed by atoms with Crippen LogP contribution in [-0.2, 0) is 6.61 Å². The molecule has 5 heteroatoms. The number of carboxylic acids is 1. The van der Waals surface area contributed by atoms with Crippen LogP contribution in [0.25, 0.3) is 0 Å². The number of benzene rings is 2. The molecule has 0 aliphatic carbocycles. The summed E-state index contributed by atoms with van der Waals surface area (Å²) in [7, 11) is 0. The van der Waals surface area contributed by atoms with Gasteiger partial charge in [0.05, 0.1) is 0 Å². The Hall–Kier alpha value is -2.43. The third-order valence-electron chi connectivity index (χ3n) is 2.75. The Labute approximate surface area is 114 Å². The van der Waals surface area contributed by atoms with Crippen LogP contribution in [0.15, 0.2) is 36.4 Å². The Morgan fingerprint density at radius 3 is 2.55 bits per heavy atom. The van der Waals surface area contributed by atoms with Crippen molar-refractivity contribution in [2.24, 2.45) is 0 Å². The van der Waals surface area contributed by atoms with Crippen molar-refractivity contribution < 1.29 is 23.4 Å². The van der Waals surface area contributed by atoms with Crippen molar-refractivity contribution in [3.63, 3.8) is 0 Å². The number of aromatic carboxylic acids is 1. The van der Waals surface area contributed by atoms with Gasteiger partial charge in [0.1, 0.15) is 17.9 Å². The van der Waals surface area contributed by atoms with E-state index in [4.69, 9.17) is 9.84 Å². The van der Waals surface area contributed by atoms with Crippen LogP contribution in [0.1, 0.15) is 21.5 Å². The van der Waals surface area contributed by atoms with Gasteiger partial charge in [-0.1, -0.05) is 12.1 Å². The van der Waals surface area contributed by atoms with Crippen LogP contribution >= 0.6 is 0 Å². The van der Waals surface area contributed by atoms with E-state index in [-0.39, 0.29) is 17.9 Å². The van der Waals surface area contributed by atoms with E-state index in [1.807, 2.05) is 0 Å². The summed E-state index contributed by atoms with van der Waals surface area (Å²) in [6.45, 7) is 1.76. The molecule has 20 heavy (non-hydrogen) atoms. The SMILES string of the molecule is Cc1ccc(C(=O)O)c(OCc2ccc(F)c(F)c2)c1. The van der Waals surface area contributed by atoms with Crippen LogP contribution in [0.5, 0.6) is 5.75 Å². The summed E-state index contributed by atoms with van der Waals surface area (Å²) in [5, 5.41) is 9.04. The molecule has 0 amide bonds. The van der Waals surface area contributed by atoms with Crippen molar-refractivity contribution in [2.45, 2.75) is 13.5 Å². The number of rotatable bonds is 4. The zero-order valence-electron chi connectivity index (χ0n) is 10.7. The van der Waals surface area contributed by atoms with Crippen LogP contribution in [0, 0.1) is 18.6 Å². The van der Waals surface area contributed by atoms with E-state index in [1.165, 1.54) is 12.1 Å². The third kappa shape index (κ3) is 3.12. The van der Waals surface area contributed by atoms with Gasteiger partial charge < -0.3 is 9.84 Å². The predicted molar refractivity (Wildman–Crippen MR) is 68.8 cm³/mol. The van der Waals surface area contributed by atoms with E-state index < -0.39 is 17.6 Å². The molecule has 0 heterocycles. The Bertz CT molecular complexity index is 654. The topological polar surface area (TPSA) is 46.5 Å². The largest absolute Gasteiger partial charge is 0.488 e. The quantitative estimate of drug-likeness (QED) is 0.930. The second-order valence-corrected chi connectivity index (χ2v) is 4.34. The summed E-state index contributed by atoms with van der Waals surface area (Å²) in [5.41, 5.74) is 1.29. The van der Waals surface area contributed by atoms with E-state index in [0.717, 1.165) is 17.7 Å². The lowest BCUT2D eigenvalue weighted by atomic mass is 10.1. The fraction of sp³-hybridized carbons (Fsp3) is 0.133. The molecule has 0 aromatic heterocycles. The minimum Gasteiger partial charge on any atom is -0.488 e. The number of hydrogen-bond acceptors (Lipinski definition) is 2. The Balaban J connectivity index is 2.20. The zero-order valence-corrected chi connectivity index (χ0v) is 10.7. The Morgan fingerprint density at radius 1 is 1.15 bits per heavy atom. The monoisotopic (exact) mass is 278 g/mol. The number of hydrogen-bond donors (Lipinski definition) is 1. The average Bonchev–Trinajstić information content (AvgIpc) is 2.40. The molecule has 1 N–H and O–H groups in total. The van der Waals surface area contributed by atoms with Gasteiger partial charge in [-0.2, -0.15) is 0 Å². The van der Waals surface area contributed by atoms with Crippen LogP contribution in [-0.4, -0.2) is 11.1 Å². The van der Waals surface area contributed by atoms with Crippen molar-refractivity contribution >= 4 is 5.97 Å². The van der Waals surface area contributed by atoms with Crippen LogP contribution in [0.2, 0.25) is 0 Å². The first kappa shape index (κ1) is 14.0. The van der Waals surface area contributed by atoms with E-state index in [0.29, 0.717) is 5.56 Å². The van der Waals surface area contributed by atoms with Gasteiger partial charge in [0, 0.05) is 0 Å². The summed E-state index contributed by atoms with van der Waals surface area (Å²) in [5.74, 6) is -2.81. The second kappa shape index (κ2) is 5.69. The normalized spacial score (nSPS) is 10.3. The van der Waals surface area contributed by atoms with Crippen molar-refractivity contribution in [3.05, 3.63) is 64.7 Å². The summed E-state index contributed by atoms with van der Waals surface area (Å²) in [6, 6.07) is 8.10. The van der Waals surface area contributed by atoms with Crippen molar-refractivity contribution in [1.82, 2.24) is 0 Å². The molecule has 0 aliphatic heterocycles. The van der Waals surface area contributed by atoms with Gasteiger partial charge in [0.25, 0.3) is 0 Å². The lowest BCUT2D eigenvalue weighted by molar-refractivity contribution is 0.0691. The molecule has 2 rings (SSSR count). The highest BCUT2D eigenvalue weighted by Crippen LogP contribution is 2.22. The van der Waals surface area contributed by atoms with Crippen molar-refractivity contribution in [2.75, 3.05) is 0 Å². The number of aryl methyl sites for hydroxylation is 1.